The number of fused-ring (bicyclic) bond motifs is 1. The highest BCUT2D eigenvalue weighted by molar-refractivity contribution is 7.08. The second kappa shape index (κ2) is 10.7. The molecule has 1 atom stereocenters. The molecule has 0 saturated carbocycles. The number of nitrogens with zero attached hydrogens (tertiary/aromatic N) is 6. The van der Waals surface area contributed by atoms with Crippen LogP contribution in [0, 0.1) is 12.8 Å². The molecule has 0 radical (unpaired) electrons. The Labute approximate surface area is 232 Å². The minimum absolute atomic E-state index is 0.0107. The molecule has 2 N–H and O–H groups in total. The van der Waals surface area contributed by atoms with Crippen LogP contribution in [-0.4, -0.2) is 73.2 Å². The van der Waals surface area contributed by atoms with Gasteiger partial charge in [0.1, 0.15) is 11.4 Å². The first-order valence-corrected chi connectivity index (χ1v) is 13.9. The van der Waals surface area contributed by atoms with Gasteiger partial charge < -0.3 is 20.1 Å². The minimum atomic E-state index is -1.33. The first kappa shape index (κ1) is 26.0. The average molecular weight is 562 g/mol. The first-order valence-electron chi connectivity index (χ1n) is 13.1. The Hall–Kier alpha value is -4.23. The number of amides is 1. The van der Waals surface area contributed by atoms with Crippen molar-refractivity contribution in [3.05, 3.63) is 58.1 Å². The van der Waals surface area contributed by atoms with Crippen molar-refractivity contribution in [1.29, 1.82) is 0 Å². The number of hydrogen-bond acceptors (Lipinski definition) is 10. The lowest BCUT2D eigenvalue weighted by molar-refractivity contribution is -0.126. The highest BCUT2D eigenvalue weighted by Gasteiger charge is 2.34. The normalized spacial score (nSPS) is 17.5. The molecule has 13 heteroatoms. The zero-order valence-electron chi connectivity index (χ0n) is 21.7. The zero-order valence-corrected chi connectivity index (χ0v) is 22.6. The van der Waals surface area contributed by atoms with Gasteiger partial charge in [-0.2, -0.15) is 9.36 Å². The molecule has 6 heterocycles. The predicted octanol–water partition coefficient (Wildman–Crippen LogP) is 2.43. The van der Waals surface area contributed by atoms with E-state index in [2.05, 4.69) is 19.7 Å². The summed E-state index contributed by atoms with van der Waals surface area (Å²) in [5, 5.41) is 13.3. The van der Waals surface area contributed by atoms with Gasteiger partial charge >= 0.3 is 5.97 Å². The molecule has 40 heavy (non-hydrogen) atoms. The van der Waals surface area contributed by atoms with E-state index in [0.29, 0.717) is 42.0 Å². The van der Waals surface area contributed by atoms with Crippen LogP contribution in [0.3, 0.4) is 0 Å². The molecule has 2 saturated heterocycles. The Bertz CT molecular complexity index is 1640. The number of hydrogen-bond donors (Lipinski definition) is 2. The van der Waals surface area contributed by atoms with Gasteiger partial charge in [0.05, 0.1) is 17.4 Å². The van der Waals surface area contributed by atoms with Crippen LogP contribution in [0.15, 0.2) is 41.6 Å². The Morgan fingerprint density at radius 1 is 1.20 bits per heavy atom. The summed E-state index contributed by atoms with van der Waals surface area (Å²) < 4.78 is 11.6. The molecule has 4 aromatic rings. The molecule has 0 bridgehead atoms. The summed E-state index contributed by atoms with van der Waals surface area (Å²) in [7, 11) is 0. The molecule has 6 rings (SSSR count). The maximum Gasteiger partial charge on any atom is 0.341 e. The molecule has 206 valence electrons. The molecule has 1 amide bonds. The van der Waals surface area contributed by atoms with Crippen molar-refractivity contribution in [1.82, 2.24) is 29.2 Å². The van der Waals surface area contributed by atoms with Crippen molar-refractivity contribution in [2.75, 3.05) is 31.1 Å². The van der Waals surface area contributed by atoms with Crippen LogP contribution in [0.4, 0.5) is 5.82 Å². The summed E-state index contributed by atoms with van der Waals surface area (Å²) in [5.41, 5.74) is 0.632. The van der Waals surface area contributed by atoms with Crippen molar-refractivity contribution in [3.8, 4) is 16.5 Å². The van der Waals surface area contributed by atoms with Gasteiger partial charge in [-0.3, -0.25) is 19.1 Å². The fourth-order valence-electron chi connectivity index (χ4n) is 5.03. The maximum atomic E-state index is 13.2. The van der Waals surface area contributed by atoms with Gasteiger partial charge in [-0.05, 0) is 49.9 Å². The largest absolute Gasteiger partial charge is 0.477 e. The highest BCUT2D eigenvalue weighted by Crippen LogP contribution is 2.29. The molecule has 1 unspecified atom stereocenters. The number of ether oxygens (including phenoxy) is 1. The first-order chi connectivity index (χ1) is 19.4. The van der Waals surface area contributed by atoms with Crippen molar-refractivity contribution >= 4 is 40.3 Å². The van der Waals surface area contributed by atoms with Crippen molar-refractivity contribution in [2.24, 2.45) is 5.92 Å². The molecule has 4 aromatic heterocycles. The molecular weight excluding hydrogens is 534 g/mol. The van der Waals surface area contributed by atoms with Crippen molar-refractivity contribution in [2.45, 2.75) is 32.3 Å². The zero-order chi connectivity index (χ0) is 27.8. The van der Waals surface area contributed by atoms with Gasteiger partial charge in [0.2, 0.25) is 16.5 Å². The molecule has 2 fully saturated rings. The molecule has 2 aliphatic rings. The minimum Gasteiger partial charge on any atom is -0.477 e. The lowest BCUT2D eigenvalue weighted by atomic mass is 9.98. The van der Waals surface area contributed by atoms with Gasteiger partial charge in [0, 0.05) is 61.9 Å². The highest BCUT2D eigenvalue weighted by atomic mass is 32.1. The second-order valence-electron chi connectivity index (χ2n) is 10.0. The average Bonchev–Trinajstić information content (AvgIpc) is 3.42. The third-order valence-corrected chi connectivity index (χ3v) is 8.00. The van der Waals surface area contributed by atoms with Crippen LogP contribution >= 0.6 is 11.5 Å². The van der Waals surface area contributed by atoms with Crippen LogP contribution in [0.25, 0.3) is 27.6 Å². The number of carboxylic acid groups (broad SMARTS) is 1. The number of anilines is 1. The summed E-state index contributed by atoms with van der Waals surface area (Å²) >= 11 is 1.07. The summed E-state index contributed by atoms with van der Waals surface area (Å²) in [5.74, 6) is -0.472. The number of pyridine rings is 3. The number of carbonyl (C=O) groups excluding carboxylic acids is 1. The quantitative estimate of drug-likeness (QED) is 0.344. The number of carbonyl (C=O) groups is 2. The molecule has 2 aliphatic heterocycles. The Kier molecular flexibility index (Phi) is 6.98. The van der Waals surface area contributed by atoms with Crippen LogP contribution in [0.2, 0.25) is 0 Å². The molecular formula is C27H27N7O5S. The Balaban J connectivity index is 1.29. The molecule has 12 nitrogen and oxygen atoms in total. The van der Waals surface area contributed by atoms with Gasteiger partial charge in [0.15, 0.2) is 11.5 Å². The second-order valence-corrected chi connectivity index (χ2v) is 10.7. The molecule has 0 aromatic carbocycles. The number of rotatable bonds is 7. The molecule has 0 aliphatic carbocycles. The Morgan fingerprint density at radius 3 is 2.73 bits per heavy atom. The van der Waals surface area contributed by atoms with Gasteiger partial charge in [-0.15, -0.1) is 0 Å². The number of carboxylic acids is 1. The van der Waals surface area contributed by atoms with Crippen molar-refractivity contribution < 1.29 is 19.4 Å². The number of aromatic carboxylic acids is 1. The van der Waals surface area contributed by atoms with Crippen LogP contribution in [0.1, 0.15) is 35.2 Å². The SMILES string of the molecule is Cc1cc(N2CC(C(=O)NCC3CCCCO3)C2)nc2c1c(=O)c(C(=O)O)cn2-c1nc(-c2ccncc2)ns1. The predicted molar refractivity (Wildman–Crippen MR) is 148 cm³/mol. The van der Waals surface area contributed by atoms with Gasteiger partial charge in [-0.25, -0.2) is 9.78 Å². The smallest absolute Gasteiger partial charge is 0.341 e. The van der Waals surface area contributed by atoms with Gasteiger partial charge in [-0.1, -0.05) is 0 Å². The number of aromatic nitrogens is 5. The van der Waals surface area contributed by atoms with E-state index >= 15 is 0 Å². The summed E-state index contributed by atoms with van der Waals surface area (Å²) in [6.07, 6.45) is 7.73. The van der Waals surface area contributed by atoms with E-state index in [1.54, 1.807) is 37.5 Å². The van der Waals surface area contributed by atoms with E-state index in [4.69, 9.17) is 9.72 Å². The van der Waals surface area contributed by atoms with Crippen LogP contribution in [-0.2, 0) is 9.53 Å². The van der Waals surface area contributed by atoms with E-state index in [0.717, 1.165) is 43.0 Å². The Morgan fingerprint density at radius 2 is 2.00 bits per heavy atom. The van der Waals surface area contributed by atoms with E-state index < -0.39 is 11.4 Å². The summed E-state index contributed by atoms with van der Waals surface area (Å²) in [6.45, 7) is 3.98. The third-order valence-electron chi connectivity index (χ3n) is 7.29. The molecule has 0 spiro atoms. The fourth-order valence-corrected chi connectivity index (χ4v) is 5.70. The monoisotopic (exact) mass is 561 g/mol. The van der Waals surface area contributed by atoms with Crippen molar-refractivity contribution in [3.63, 3.8) is 0 Å². The van der Waals surface area contributed by atoms with E-state index in [1.807, 2.05) is 4.90 Å². The lowest BCUT2D eigenvalue weighted by Gasteiger charge is -2.39. The topological polar surface area (TPSA) is 152 Å². The maximum absolute atomic E-state index is 13.2. The van der Waals surface area contributed by atoms with Crippen LogP contribution in [0.5, 0.6) is 0 Å². The van der Waals surface area contributed by atoms with E-state index in [1.165, 1.54) is 10.8 Å². The lowest BCUT2D eigenvalue weighted by Crippen LogP contribution is -2.55. The summed E-state index contributed by atoms with van der Waals surface area (Å²) in [6, 6.07) is 5.31. The number of aryl methyl sites for hydroxylation is 1. The van der Waals surface area contributed by atoms with E-state index in [9.17, 15) is 19.5 Å². The van der Waals surface area contributed by atoms with Gasteiger partial charge in [0.25, 0.3) is 0 Å². The standard InChI is InChI=1S/C27H27N7O5S/c1-15-10-20(33-12-17(13-33)25(36)29-11-18-4-2-3-9-39-18)30-24-21(15)22(35)19(26(37)38)14-34(24)27-31-23(32-40-27)16-5-7-28-8-6-16/h5-8,10,14,17-18H,2-4,9,11-13H2,1H3,(H,29,36)(H,37,38). The number of nitrogens with one attached hydrogen (secondary N) is 1. The van der Waals surface area contributed by atoms with Crippen LogP contribution < -0.4 is 15.6 Å². The fraction of sp³-hybridized carbons (Fsp3) is 0.370. The van der Waals surface area contributed by atoms with E-state index in [-0.39, 0.29) is 34.5 Å². The summed E-state index contributed by atoms with van der Waals surface area (Å²) in [4.78, 5) is 53.1. The third kappa shape index (κ3) is 4.93.